The van der Waals surface area contributed by atoms with Crippen LogP contribution in [0.1, 0.15) is 18.5 Å². The molecule has 3 aromatic rings. The minimum atomic E-state index is -0.309. The van der Waals surface area contributed by atoms with Gasteiger partial charge in [0.05, 0.1) is 17.9 Å². The standard InChI is InChI=1S/C19H17BrN4O2/c1-13(14-7-9-21-10-8-14)23-19(25)24-16-5-6-18(22-12-16)26-17-4-2-3-15(20)11-17/h2-13H,1H3,(H2,23,24,25)/t13-/m1/s1. The minimum Gasteiger partial charge on any atom is -0.439 e. The molecule has 2 N–H and O–H groups in total. The number of hydrogen-bond donors (Lipinski definition) is 2. The summed E-state index contributed by atoms with van der Waals surface area (Å²) in [5, 5.41) is 5.61. The first-order valence-corrected chi connectivity index (χ1v) is 8.76. The summed E-state index contributed by atoms with van der Waals surface area (Å²) < 4.78 is 6.59. The molecule has 0 saturated heterocycles. The maximum absolute atomic E-state index is 12.1. The van der Waals surface area contributed by atoms with Gasteiger partial charge >= 0.3 is 6.03 Å². The third-order valence-electron chi connectivity index (χ3n) is 3.57. The number of aromatic nitrogens is 2. The van der Waals surface area contributed by atoms with Crippen LogP contribution in [0, 0.1) is 0 Å². The van der Waals surface area contributed by atoms with Gasteiger partial charge in [0.1, 0.15) is 5.75 Å². The van der Waals surface area contributed by atoms with E-state index in [9.17, 15) is 4.79 Å². The zero-order valence-electron chi connectivity index (χ0n) is 14.0. The third kappa shape index (κ3) is 5.03. The van der Waals surface area contributed by atoms with Crippen molar-refractivity contribution in [1.82, 2.24) is 15.3 Å². The van der Waals surface area contributed by atoms with Crippen molar-refractivity contribution in [2.24, 2.45) is 0 Å². The first kappa shape index (κ1) is 17.9. The van der Waals surface area contributed by atoms with E-state index in [4.69, 9.17) is 4.74 Å². The number of urea groups is 1. The topological polar surface area (TPSA) is 76.1 Å². The van der Waals surface area contributed by atoms with Gasteiger partial charge in [0.2, 0.25) is 5.88 Å². The van der Waals surface area contributed by atoms with Crippen LogP contribution < -0.4 is 15.4 Å². The van der Waals surface area contributed by atoms with Crippen LogP contribution in [0.15, 0.2) is 71.6 Å². The molecule has 0 radical (unpaired) electrons. The summed E-state index contributed by atoms with van der Waals surface area (Å²) in [6.45, 7) is 1.90. The number of ether oxygens (including phenoxy) is 1. The van der Waals surface area contributed by atoms with E-state index in [0.717, 1.165) is 10.0 Å². The molecule has 2 heterocycles. The van der Waals surface area contributed by atoms with Crippen molar-refractivity contribution in [3.63, 3.8) is 0 Å². The quantitative estimate of drug-likeness (QED) is 0.623. The van der Waals surface area contributed by atoms with E-state index in [0.29, 0.717) is 17.3 Å². The summed E-state index contributed by atoms with van der Waals surface area (Å²) in [4.78, 5) is 20.3. The Kier molecular flexibility index (Phi) is 5.80. The fraction of sp³-hybridized carbons (Fsp3) is 0.105. The van der Waals surface area contributed by atoms with Crippen molar-refractivity contribution in [2.45, 2.75) is 13.0 Å². The second-order valence-corrected chi connectivity index (χ2v) is 6.46. The predicted octanol–water partition coefficient (Wildman–Crippen LogP) is 4.91. The molecule has 0 fully saturated rings. The van der Waals surface area contributed by atoms with E-state index in [1.807, 2.05) is 43.3 Å². The highest BCUT2D eigenvalue weighted by atomic mass is 79.9. The number of nitrogens with one attached hydrogen (secondary N) is 2. The molecule has 26 heavy (non-hydrogen) atoms. The summed E-state index contributed by atoms with van der Waals surface area (Å²) in [6, 6.07) is 14.2. The van der Waals surface area contributed by atoms with E-state index >= 15 is 0 Å². The van der Waals surface area contributed by atoms with Gasteiger partial charge in [-0.2, -0.15) is 0 Å². The van der Waals surface area contributed by atoms with Crippen LogP contribution >= 0.6 is 15.9 Å². The Labute approximate surface area is 159 Å². The molecule has 0 saturated carbocycles. The van der Waals surface area contributed by atoms with E-state index in [-0.39, 0.29) is 12.1 Å². The SMILES string of the molecule is C[C@@H](NC(=O)Nc1ccc(Oc2cccc(Br)c2)nc1)c1ccncc1. The molecule has 0 aliphatic heterocycles. The Hall–Kier alpha value is -2.93. The molecule has 0 aliphatic rings. The number of benzene rings is 1. The molecule has 132 valence electrons. The van der Waals surface area contributed by atoms with Gasteiger partial charge in [-0.15, -0.1) is 0 Å². The van der Waals surface area contributed by atoms with Crippen LogP contribution in [0.3, 0.4) is 0 Å². The fourth-order valence-electron chi connectivity index (χ4n) is 2.27. The van der Waals surface area contributed by atoms with E-state index in [2.05, 4.69) is 36.5 Å². The molecular formula is C19H17BrN4O2. The molecule has 0 bridgehead atoms. The molecule has 2 amide bonds. The Balaban J connectivity index is 1.56. The van der Waals surface area contributed by atoms with Gasteiger partial charge in [0.15, 0.2) is 0 Å². The van der Waals surface area contributed by atoms with Crippen molar-refractivity contribution in [3.05, 3.63) is 77.2 Å². The lowest BCUT2D eigenvalue weighted by molar-refractivity contribution is 0.249. The molecule has 2 aromatic heterocycles. The maximum Gasteiger partial charge on any atom is 0.319 e. The van der Waals surface area contributed by atoms with Gasteiger partial charge in [0, 0.05) is 22.9 Å². The molecule has 0 unspecified atom stereocenters. The van der Waals surface area contributed by atoms with Crippen LogP contribution in [-0.4, -0.2) is 16.0 Å². The number of carbonyl (C=O) groups excluding carboxylic acids is 1. The number of rotatable bonds is 5. The lowest BCUT2D eigenvalue weighted by atomic mass is 10.1. The van der Waals surface area contributed by atoms with Gasteiger partial charge in [-0.3, -0.25) is 4.98 Å². The first-order chi connectivity index (χ1) is 12.6. The van der Waals surface area contributed by atoms with Crippen molar-refractivity contribution in [2.75, 3.05) is 5.32 Å². The normalized spacial score (nSPS) is 11.5. The minimum absolute atomic E-state index is 0.134. The monoisotopic (exact) mass is 412 g/mol. The zero-order valence-corrected chi connectivity index (χ0v) is 15.6. The molecule has 7 heteroatoms. The predicted molar refractivity (Wildman–Crippen MR) is 103 cm³/mol. The third-order valence-corrected chi connectivity index (χ3v) is 4.06. The number of pyridine rings is 2. The highest BCUT2D eigenvalue weighted by Gasteiger charge is 2.09. The summed E-state index contributed by atoms with van der Waals surface area (Å²) in [5.41, 5.74) is 1.55. The molecule has 0 spiro atoms. The molecule has 1 aromatic carbocycles. The van der Waals surface area contributed by atoms with Gasteiger partial charge in [-0.1, -0.05) is 22.0 Å². The van der Waals surface area contributed by atoms with Crippen molar-refractivity contribution in [1.29, 1.82) is 0 Å². The van der Waals surface area contributed by atoms with Crippen molar-refractivity contribution in [3.8, 4) is 11.6 Å². The first-order valence-electron chi connectivity index (χ1n) is 7.97. The van der Waals surface area contributed by atoms with Crippen LogP contribution in [0.5, 0.6) is 11.6 Å². The van der Waals surface area contributed by atoms with Gasteiger partial charge in [-0.05, 0) is 48.9 Å². The lowest BCUT2D eigenvalue weighted by Crippen LogP contribution is -2.31. The Morgan fingerprint density at radius 1 is 1.15 bits per heavy atom. The Morgan fingerprint density at radius 3 is 2.65 bits per heavy atom. The van der Waals surface area contributed by atoms with Crippen molar-refractivity contribution >= 4 is 27.6 Å². The Morgan fingerprint density at radius 2 is 1.96 bits per heavy atom. The average molecular weight is 413 g/mol. The summed E-state index contributed by atoms with van der Waals surface area (Å²) in [5.74, 6) is 1.12. The summed E-state index contributed by atoms with van der Waals surface area (Å²) >= 11 is 3.39. The molecular weight excluding hydrogens is 396 g/mol. The number of nitrogens with zero attached hydrogens (tertiary/aromatic N) is 2. The zero-order chi connectivity index (χ0) is 18.4. The number of halogens is 1. The smallest absolute Gasteiger partial charge is 0.319 e. The maximum atomic E-state index is 12.1. The van der Waals surface area contributed by atoms with E-state index in [1.54, 1.807) is 30.7 Å². The number of anilines is 1. The molecule has 0 aliphatic carbocycles. The average Bonchev–Trinajstić information content (AvgIpc) is 2.64. The summed E-state index contributed by atoms with van der Waals surface area (Å²) in [6.07, 6.45) is 4.93. The largest absolute Gasteiger partial charge is 0.439 e. The molecule has 3 rings (SSSR count). The Bertz CT molecular complexity index is 872. The second-order valence-electron chi connectivity index (χ2n) is 5.55. The van der Waals surface area contributed by atoms with Gasteiger partial charge in [0.25, 0.3) is 0 Å². The van der Waals surface area contributed by atoms with Gasteiger partial charge in [-0.25, -0.2) is 9.78 Å². The molecule has 6 nitrogen and oxygen atoms in total. The number of amides is 2. The number of hydrogen-bond acceptors (Lipinski definition) is 4. The lowest BCUT2D eigenvalue weighted by Gasteiger charge is -2.14. The van der Waals surface area contributed by atoms with Gasteiger partial charge < -0.3 is 15.4 Å². The van der Waals surface area contributed by atoms with E-state index < -0.39 is 0 Å². The summed E-state index contributed by atoms with van der Waals surface area (Å²) in [7, 11) is 0. The fourth-order valence-corrected chi connectivity index (χ4v) is 2.64. The van der Waals surface area contributed by atoms with Crippen LogP contribution in [0.4, 0.5) is 10.5 Å². The van der Waals surface area contributed by atoms with Crippen LogP contribution in [0.2, 0.25) is 0 Å². The van der Waals surface area contributed by atoms with Crippen LogP contribution in [-0.2, 0) is 0 Å². The number of carbonyl (C=O) groups is 1. The highest BCUT2D eigenvalue weighted by Crippen LogP contribution is 2.23. The highest BCUT2D eigenvalue weighted by molar-refractivity contribution is 9.10. The van der Waals surface area contributed by atoms with Crippen LogP contribution in [0.25, 0.3) is 0 Å². The molecule has 1 atom stereocenters. The van der Waals surface area contributed by atoms with Crippen molar-refractivity contribution < 1.29 is 9.53 Å². The van der Waals surface area contributed by atoms with E-state index in [1.165, 1.54) is 0 Å². The second kappa shape index (κ2) is 8.44.